The summed E-state index contributed by atoms with van der Waals surface area (Å²) < 4.78 is 17.9. The normalized spacial score (nSPS) is 23.8. The van der Waals surface area contributed by atoms with Gasteiger partial charge in [-0.3, -0.25) is 4.79 Å². The van der Waals surface area contributed by atoms with Gasteiger partial charge >= 0.3 is 5.97 Å². The molecule has 0 radical (unpaired) electrons. The van der Waals surface area contributed by atoms with Gasteiger partial charge in [0.1, 0.15) is 11.7 Å². The number of esters is 1. The molecule has 0 spiro atoms. The summed E-state index contributed by atoms with van der Waals surface area (Å²) in [6, 6.07) is 10.2. The van der Waals surface area contributed by atoms with Crippen molar-refractivity contribution < 1.29 is 18.7 Å². The fourth-order valence-corrected chi connectivity index (χ4v) is 4.57. The van der Waals surface area contributed by atoms with Crippen molar-refractivity contribution in [1.82, 2.24) is 0 Å². The Bertz CT molecular complexity index is 574. The summed E-state index contributed by atoms with van der Waals surface area (Å²) in [6.07, 6.45) is 1.56. The summed E-state index contributed by atoms with van der Waals surface area (Å²) in [5.74, 6) is -0.155. The Balaban J connectivity index is 2.01. The van der Waals surface area contributed by atoms with Crippen LogP contribution in [0.1, 0.15) is 45.3 Å². The molecule has 2 rings (SSSR count). The average molecular weight is 365 g/mol. The molecule has 5 heteroatoms. The summed E-state index contributed by atoms with van der Waals surface area (Å²) in [4.78, 5) is 11.9. The summed E-state index contributed by atoms with van der Waals surface area (Å²) in [5.41, 5.74) is 0.386. The SMILES string of the molecule is CC(C)(C)C(=O)OCCC[C@@]1(O[Si](C)(C)C)CO[C@@H]1c1ccccc1. The van der Waals surface area contributed by atoms with Crippen LogP contribution in [-0.2, 0) is 18.7 Å². The van der Waals surface area contributed by atoms with Crippen LogP contribution in [0.15, 0.2) is 30.3 Å². The highest BCUT2D eigenvalue weighted by Crippen LogP contribution is 2.46. The van der Waals surface area contributed by atoms with Gasteiger partial charge in [0, 0.05) is 0 Å². The van der Waals surface area contributed by atoms with Gasteiger partial charge in [-0.25, -0.2) is 0 Å². The Hall–Kier alpha value is -1.17. The van der Waals surface area contributed by atoms with Crippen LogP contribution in [0.5, 0.6) is 0 Å². The smallest absolute Gasteiger partial charge is 0.311 e. The van der Waals surface area contributed by atoms with Gasteiger partial charge in [0.15, 0.2) is 8.32 Å². The molecule has 0 N–H and O–H groups in total. The number of hydrogen-bond acceptors (Lipinski definition) is 4. The second kappa shape index (κ2) is 7.60. The maximum atomic E-state index is 11.9. The van der Waals surface area contributed by atoms with Crippen molar-refractivity contribution >= 4 is 14.3 Å². The zero-order valence-electron chi connectivity index (χ0n) is 16.4. The van der Waals surface area contributed by atoms with Crippen LogP contribution in [0.2, 0.25) is 19.6 Å². The van der Waals surface area contributed by atoms with Gasteiger partial charge in [-0.2, -0.15) is 0 Å². The van der Waals surface area contributed by atoms with Crippen molar-refractivity contribution in [2.24, 2.45) is 5.41 Å². The number of rotatable bonds is 7. The third-order valence-corrected chi connectivity index (χ3v) is 5.19. The third kappa shape index (κ3) is 5.40. The van der Waals surface area contributed by atoms with Crippen LogP contribution in [0.25, 0.3) is 0 Å². The molecular weight excluding hydrogens is 332 g/mol. The Morgan fingerprint density at radius 3 is 2.36 bits per heavy atom. The van der Waals surface area contributed by atoms with Gasteiger partial charge in [0.2, 0.25) is 0 Å². The number of carbonyl (C=O) groups is 1. The molecule has 1 aromatic carbocycles. The lowest BCUT2D eigenvalue weighted by molar-refractivity contribution is -0.235. The van der Waals surface area contributed by atoms with Crippen molar-refractivity contribution in [3.05, 3.63) is 35.9 Å². The lowest BCUT2D eigenvalue weighted by Gasteiger charge is -2.52. The molecule has 4 nitrogen and oxygen atoms in total. The molecule has 1 aliphatic heterocycles. The Morgan fingerprint density at radius 1 is 1.24 bits per heavy atom. The predicted molar refractivity (Wildman–Crippen MR) is 102 cm³/mol. The molecule has 25 heavy (non-hydrogen) atoms. The molecule has 1 aliphatic rings. The zero-order chi connectivity index (χ0) is 18.7. The largest absolute Gasteiger partial charge is 0.465 e. The van der Waals surface area contributed by atoms with Crippen molar-refractivity contribution in [3.63, 3.8) is 0 Å². The van der Waals surface area contributed by atoms with E-state index in [1.165, 1.54) is 0 Å². The van der Waals surface area contributed by atoms with E-state index in [1.54, 1.807) is 0 Å². The van der Waals surface area contributed by atoms with Crippen molar-refractivity contribution in [3.8, 4) is 0 Å². The quantitative estimate of drug-likeness (QED) is 0.399. The first-order chi connectivity index (χ1) is 11.5. The first-order valence-corrected chi connectivity index (χ1v) is 12.5. The highest BCUT2D eigenvalue weighted by Gasteiger charge is 2.51. The van der Waals surface area contributed by atoms with Gasteiger partial charge in [-0.15, -0.1) is 0 Å². The van der Waals surface area contributed by atoms with Crippen LogP contribution in [0.4, 0.5) is 0 Å². The molecule has 0 saturated carbocycles. The molecular formula is C20H32O4Si. The van der Waals surface area contributed by atoms with Gasteiger partial charge < -0.3 is 13.9 Å². The van der Waals surface area contributed by atoms with E-state index in [-0.39, 0.29) is 17.7 Å². The van der Waals surface area contributed by atoms with Crippen LogP contribution < -0.4 is 0 Å². The summed E-state index contributed by atoms with van der Waals surface area (Å²) in [7, 11) is -1.74. The molecule has 1 aromatic rings. The first kappa shape index (κ1) is 20.1. The highest BCUT2D eigenvalue weighted by atomic mass is 28.4. The third-order valence-electron chi connectivity index (χ3n) is 4.17. The lowest BCUT2D eigenvalue weighted by Crippen LogP contribution is -2.58. The molecule has 2 atom stereocenters. The molecule has 0 amide bonds. The molecule has 0 aliphatic carbocycles. The van der Waals surface area contributed by atoms with Crippen molar-refractivity contribution in [2.45, 2.75) is 65.0 Å². The monoisotopic (exact) mass is 364 g/mol. The minimum Gasteiger partial charge on any atom is -0.465 e. The molecule has 1 heterocycles. The molecule has 0 bridgehead atoms. The van der Waals surface area contributed by atoms with E-state index in [9.17, 15) is 4.79 Å². The minimum absolute atomic E-state index is 0.0428. The van der Waals surface area contributed by atoms with Gasteiger partial charge in [0.05, 0.1) is 18.6 Å². The number of hydrogen-bond donors (Lipinski definition) is 0. The average Bonchev–Trinajstić information content (AvgIpc) is 2.48. The van der Waals surface area contributed by atoms with Crippen LogP contribution in [0, 0.1) is 5.41 Å². The van der Waals surface area contributed by atoms with Gasteiger partial charge in [-0.1, -0.05) is 30.3 Å². The van der Waals surface area contributed by atoms with E-state index >= 15 is 0 Å². The van der Waals surface area contributed by atoms with E-state index in [1.807, 2.05) is 39.0 Å². The Morgan fingerprint density at radius 2 is 1.88 bits per heavy atom. The molecule has 1 fully saturated rings. The van der Waals surface area contributed by atoms with Crippen molar-refractivity contribution in [1.29, 1.82) is 0 Å². The van der Waals surface area contributed by atoms with E-state index in [4.69, 9.17) is 13.9 Å². The molecule has 140 valence electrons. The van der Waals surface area contributed by atoms with Gasteiger partial charge in [-0.05, 0) is 58.8 Å². The topological polar surface area (TPSA) is 44.8 Å². The van der Waals surface area contributed by atoms with Crippen molar-refractivity contribution in [2.75, 3.05) is 13.2 Å². The Labute approximate surface area is 153 Å². The second-order valence-corrected chi connectivity index (χ2v) is 13.3. The predicted octanol–water partition coefficient (Wildman–Crippen LogP) is 4.72. The number of benzene rings is 1. The fraction of sp³-hybridized carbons (Fsp3) is 0.650. The molecule has 0 aromatic heterocycles. The molecule has 0 unspecified atom stereocenters. The molecule has 1 saturated heterocycles. The first-order valence-electron chi connectivity index (χ1n) is 9.07. The van der Waals surface area contributed by atoms with E-state index in [2.05, 4.69) is 31.8 Å². The van der Waals surface area contributed by atoms with Crippen LogP contribution in [0.3, 0.4) is 0 Å². The van der Waals surface area contributed by atoms with E-state index in [0.29, 0.717) is 13.2 Å². The second-order valence-electron chi connectivity index (χ2n) is 8.87. The summed E-state index contributed by atoms with van der Waals surface area (Å²) >= 11 is 0. The maximum Gasteiger partial charge on any atom is 0.311 e. The van der Waals surface area contributed by atoms with Crippen LogP contribution in [-0.4, -0.2) is 33.1 Å². The van der Waals surface area contributed by atoms with Crippen LogP contribution >= 0.6 is 0 Å². The number of ether oxygens (including phenoxy) is 2. The zero-order valence-corrected chi connectivity index (χ0v) is 17.4. The summed E-state index contributed by atoms with van der Waals surface area (Å²) in [6.45, 7) is 13.2. The Kier molecular flexibility index (Phi) is 6.12. The lowest BCUT2D eigenvalue weighted by atomic mass is 9.83. The number of carbonyl (C=O) groups excluding carboxylic acids is 1. The van der Waals surface area contributed by atoms with E-state index < -0.39 is 13.7 Å². The highest BCUT2D eigenvalue weighted by molar-refractivity contribution is 6.69. The summed E-state index contributed by atoms with van der Waals surface area (Å²) in [5, 5.41) is 0. The van der Waals surface area contributed by atoms with Gasteiger partial charge in [0.25, 0.3) is 0 Å². The maximum absolute atomic E-state index is 11.9. The fourth-order valence-electron chi connectivity index (χ4n) is 3.08. The standard InChI is InChI=1S/C20H32O4Si/c1-19(2,3)18(21)22-14-10-13-20(24-25(4,5)6)15-23-17(20)16-11-8-7-9-12-16/h7-9,11-12,17H,10,13-15H2,1-6H3/t17-,20-/m1/s1. The van der Waals surface area contributed by atoms with E-state index in [0.717, 1.165) is 18.4 Å². The minimum atomic E-state index is -1.74.